The minimum absolute atomic E-state index is 0.0605. The number of aromatic nitrogens is 3. The third-order valence-electron chi connectivity index (χ3n) is 9.89. The van der Waals surface area contributed by atoms with E-state index in [4.69, 9.17) is 29.7 Å². The van der Waals surface area contributed by atoms with Crippen molar-refractivity contribution in [1.82, 2.24) is 24.8 Å². The summed E-state index contributed by atoms with van der Waals surface area (Å²) in [5.74, 6) is 1.37. The van der Waals surface area contributed by atoms with Gasteiger partial charge in [-0.1, -0.05) is 93.9 Å². The normalized spacial score (nSPS) is 12.6. The van der Waals surface area contributed by atoms with Crippen molar-refractivity contribution >= 4 is 39.8 Å². The molecule has 0 unspecified atom stereocenters. The molecule has 3 aromatic carbocycles. The first kappa shape index (κ1) is 39.6. The number of likely N-dealkylation sites (N-methyl/N-ethyl adjacent to an activating group) is 1. The van der Waals surface area contributed by atoms with Gasteiger partial charge in [-0.05, 0) is 23.6 Å². The number of anilines is 1. The van der Waals surface area contributed by atoms with Crippen LogP contribution in [-0.2, 0) is 36.7 Å². The largest absolute Gasteiger partial charge is 0.436 e. The number of nitrogen functional groups attached to an aromatic ring is 1. The van der Waals surface area contributed by atoms with E-state index < -0.39 is 12.2 Å². The number of rotatable bonds is 20. The molecule has 6 rings (SSSR count). The SMILES string of the molecule is CCCCc1nc2c(N)nc3ccccc3c2n1CC(C)(C)CNC(=O)CCOCCOCCOCCN(C)C(=O)OC1c2ccccc2-c2ccccc21. The van der Waals surface area contributed by atoms with Crippen molar-refractivity contribution in [2.24, 2.45) is 5.41 Å². The molecule has 55 heavy (non-hydrogen) atoms. The van der Waals surface area contributed by atoms with Crippen LogP contribution in [0, 0.1) is 5.41 Å². The number of para-hydroxylation sites is 1. The highest BCUT2D eigenvalue weighted by atomic mass is 16.6. The van der Waals surface area contributed by atoms with Gasteiger partial charge in [0.15, 0.2) is 11.9 Å². The molecule has 3 N–H and O–H groups in total. The number of unbranched alkanes of at least 4 members (excludes halogenated alkanes) is 1. The van der Waals surface area contributed by atoms with Gasteiger partial charge in [0.05, 0.1) is 50.7 Å². The van der Waals surface area contributed by atoms with Crippen LogP contribution in [0.5, 0.6) is 0 Å². The molecule has 0 aliphatic heterocycles. The summed E-state index contributed by atoms with van der Waals surface area (Å²) in [7, 11) is 1.71. The van der Waals surface area contributed by atoms with Gasteiger partial charge in [-0.25, -0.2) is 14.8 Å². The van der Waals surface area contributed by atoms with Crippen LogP contribution in [0.1, 0.15) is 63.1 Å². The van der Waals surface area contributed by atoms with Crippen molar-refractivity contribution in [3.8, 4) is 11.1 Å². The Hall–Kier alpha value is -5.04. The number of nitrogens with two attached hydrogens (primary N) is 1. The highest BCUT2D eigenvalue weighted by molar-refractivity contribution is 6.06. The van der Waals surface area contributed by atoms with Crippen LogP contribution >= 0.6 is 0 Å². The molecule has 0 saturated heterocycles. The summed E-state index contributed by atoms with van der Waals surface area (Å²) in [5.41, 5.74) is 12.9. The predicted molar refractivity (Wildman–Crippen MR) is 215 cm³/mol. The maximum atomic E-state index is 12.9. The number of carbonyl (C=O) groups is 2. The van der Waals surface area contributed by atoms with E-state index in [1.54, 1.807) is 7.05 Å². The first-order valence-electron chi connectivity index (χ1n) is 19.3. The van der Waals surface area contributed by atoms with Gasteiger partial charge in [-0.15, -0.1) is 0 Å². The number of amides is 2. The Morgan fingerprint density at radius 1 is 0.855 bits per heavy atom. The summed E-state index contributed by atoms with van der Waals surface area (Å²) >= 11 is 0. The molecule has 12 heteroatoms. The standard InChI is InChI=1S/C43H54N6O6/c1-5-6-19-36-47-38-39(34-17-11-12-18-35(34)46-41(38)44)49(36)29-43(2,3)28-45-37(50)20-22-52-24-26-54-27-25-53-23-21-48(4)42(51)55-40-32-15-9-7-13-30(32)31-14-8-10-16-33(31)40/h7-18,40H,5-6,19-29H2,1-4H3,(H2,44,46)(H,45,50). The smallest absolute Gasteiger partial charge is 0.410 e. The minimum Gasteiger partial charge on any atom is -0.436 e. The molecule has 1 aliphatic rings. The summed E-state index contributed by atoms with van der Waals surface area (Å²) in [5, 5.41) is 4.12. The average Bonchev–Trinajstić information content (AvgIpc) is 3.70. The van der Waals surface area contributed by atoms with Crippen molar-refractivity contribution in [2.75, 3.05) is 65.5 Å². The van der Waals surface area contributed by atoms with Gasteiger partial charge in [0.2, 0.25) is 5.91 Å². The number of nitrogens with zero attached hydrogens (tertiary/aromatic N) is 4. The van der Waals surface area contributed by atoms with Crippen molar-refractivity contribution in [3.63, 3.8) is 0 Å². The average molecular weight is 751 g/mol. The molecule has 2 aromatic heterocycles. The molecule has 5 aromatic rings. The maximum Gasteiger partial charge on any atom is 0.410 e. The summed E-state index contributed by atoms with van der Waals surface area (Å²) in [6, 6.07) is 24.1. The fourth-order valence-corrected chi connectivity index (χ4v) is 6.94. The summed E-state index contributed by atoms with van der Waals surface area (Å²) in [6.07, 6.45) is 2.37. The van der Waals surface area contributed by atoms with Gasteiger partial charge in [0.25, 0.3) is 0 Å². The molecule has 2 amide bonds. The van der Waals surface area contributed by atoms with Crippen LogP contribution in [0.15, 0.2) is 72.8 Å². The quantitative estimate of drug-likeness (QED) is 0.0810. The van der Waals surface area contributed by atoms with Gasteiger partial charge >= 0.3 is 6.09 Å². The molecule has 1 aliphatic carbocycles. The van der Waals surface area contributed by atoms with Gasteiger partial charge in [-0.3, -0.25) is 4.79 Å². The molecule has 0 fully saturated rings. The summed E-state index contributed by atoms with van der Waals surface area (Å²) in [6.45, 7) is 10.2. The Kier molecular flexibility index (Phi) is 13.4. The second-order valence-corrected chi connectivity index (χ2v) is 14.8. The Morgan fingerprint density at radius 2 is 1.47 bits per heavy atom. The number of benzene rings is 3. The van der Waals surface area contributed by atoms with Crippen LogP contribution in [0.25, 0.3) is 33.1 Å². The number of pyridine rings is 1. The highest BCUT2D eigenvalue weighted by Crippen LogP contribution is 2.45. The topological polar surface area (TPSA) is 143 Å². The minimum atomic E-state index is -0.426. The lowest BCUT2D eigenvalue weighted by molar-refractivity contribution is -0.122. The number of ether oxygens (including phenoxy) is 4. The summed E-state index contributed by atoms with van der Waals surface area (Å²) in [4.78, 5) is 36.7. The van der Waals surface area contributed by atoms with Gasteiger partial charge in [0, 0.05) is 61.5 Å². The molecule has 2 heterocycles. The van der Waals surface area contributed by atoms with Gasteiger partial charge < -0.3 is 39.5 Å². The first-order chi connectivity index (χ1) is 26.7. The Bertz CT molecular complexity index is 2030. The fraction of sp³-hybridized carbons (Fsp3) is 0.442. The van der Waals surface area contributed by atoms with Crippen LogP contribution in [0.3, 0.4) is 0 Å². The number of fused-ring (bicyclic) bond motifs is 6. The molecular formula is C43H54N6O6. The zero-order chi connectivity index (χ0) is 38.8. The Morgan fingerprint density at radius 3 is 2.16 bits per heavy atom. The van der Waals surface area contributed by atoms with Crippen LogP contribution in [-0.4, -0.2) is 91.2 Å². The zero-order valence-electron chi connectivity index (χ0n) is 32.5. The second-order valence-electron chi connectivity index (χ2n) is 14.8. The van der Waals surface area contributed by atoms with Crippen molar-refractivity contribution in [1.29, 1.82) is 0 Å². The molecular weight excluding hydrogens is 697 g/mol. The predicted octanol–water partition coefficient (Wildman–Crippen LogP) is 6.93. The van der Waals surface area contributed by atoms with E-state index in [1.807, 2.05) is 54.6 Å². The van der Waals surface area contributed by atoms with E-state index in [1.165, 1.54) is 4.90 Å². The second kappa shape index (κ2) is 18.5. The lowest BCUT2D eigenvalue weighted by atomic mass is 9.93. The molecule has 0 radical (unpaired) electrons. The molecule has 0 saturated carbocycles. The van der Waals surface area contributed by atoms with E-state index in [2.05, 4.69) is 53.8 Å². The maximum absolute atomic E-state index is 12.9. The number of hydrogen-bond donors (Lipinski definition) is 2. The van der Waals surface area contributed by atoms with Gasteiger partial charge in [0.1, 0.15) is 11.3 Å². The third kappa shape index (κ3) is 9.80. The van der Waals surface area contributed by atoms with Crippen molar-refractivity contribution < 1.29 is 28.5 Å². The number of hydrogen-bond acceptors (Lipinski definition) is 9. The lowest BCUT2D eigenvalue weighted by Crippen LogP contribution is -2.37. The highest BCUT2D eigenvalue weighted by Gasteiger charge is 2.32. The molecule has 292 valence electrons. The zero-order valence-corrected chi connectivity index (χ0v) is 32.5. The Labute approximate surface area is 323 Å². The van der Waals surface area contributed by atoms with Crippen LogP contribution in [0.4, 0.5) is 10.6 Å². The number of aryl methyl sites for hydroxylation is 1. The van der Waals surface area contributed by atoms with Crippen molar-refractivity contribution in [2.45, 2.75) is 59.1 Å². The van der Waals surface area contributed by atoms with Gasteiger partial charge in [-0.2, -0.15) is 0 Å². The molecule has 0 spiro atoms. The van der Waals surface area contributed by atoms with E-state index >= 15 is 0 Å². The van der Waals surface area contributed by atoms with E-state index in [9.17, 15) is 9.59 Å². The molecule has 0 bridgehead atoms. The molecule has 12 nitrogen and oxygen atoms in total. The number of imidazole rings is 1. The lowest BCUT2D eigenvalue weighted by Gasteiger charge is -2.27. The Balaban J connectivity index is 0.838. The van der Waals surface area contributed by atoms with E-state index in [0.717, 1.165) is 69.3 Å². The monoisotopic (exact) mass is 750 g/mol. The van der Waals surface area contributed by atoms with Crippen LogP contribution < -0.4 is 11.1 Å². The number of carbonyl (C=O) groups excluding carboxylic acids is 2. The van der Waals surface area contributed by atoms with E-state index in [-0.39, 0.29) is 17.7 Å². The molecule has 0 atom stereocenters. The first-order valence-corrected chi connectivity index (χ1v) is 19.3. The van der Waals surface area contributed by atoms with Crippen LogP contribution in [0.2, 0.25) is 0 Å². The van der Waals surface area contributed by atoms with E-state index in [0.29, 0.717) is 65.1 Å². The third-order valence-corrected chi connectivity index (χ3v) is 9.89. The number of nitrogens with one attached hydrogen (secondary N) is 1. The fourth-order valence-electron chi connectivity index (χ4n) is 6.94. The summed E-state index contributed by atoms with van der Waals surface area (Å²) < 4.78 is 25.1. The van der Waals surface area contributed by atoms with Crippen molar-refractivity contribution in [3.05, 3.63) is 89.7 Å².